The number of carboxylic acid groups (broad SMARTS) is 2. The molecule has 180 valence electrons. The Kier molecular flexibility index (Phi) is 11.9. The van der Waals surface area contributed by atoms with Crippen molar-refractivity contribution in [3.63, 3.8) is 0 Å². The Bertz CT molecular complexity index is 758. The number of nitrogens with one attached hydrogen (secondary N) is 3. The number of amides is 5. The summed E-state index contributed by atoms with van der Waals surface area (Å²) in [5.41, 5.74) is 15.3. The number of aliphatic hydroxyl groups is 1. The lowest BCUT2D eigenvalue weighted by atomic mass is 10.1. The topological polar surface area (TPSA) is 294 Å². The van der Waals surface area contributed by atoms with Crippen molar-refractivity contribution in [3.05, 3.63) is 0 Å². The summed E-state index contributed by atoms with van der Waals surface area (Å²) >= 11 is 0. The van der Waals surface area contributed by atoms with E-state index in [-0.39, 0.29) is 0 Å². The molecule has 0 fully saturated rings. The minimum Gasteiger partial charge on any atom is -0.481 e. The maximum atomic E-state index is 12.6. The molecule has 0 aromatic carbocycles. The van der Waals surface area contributed by atoms with Crippen LogP contribution in [0.4, 0.5) is 0 Å². The fourth-order valence-corrected chi connectivity index (χ4v) is 2.25. The number of aliphatic carboxylic acids is 2. The summed E-state index contributed by atoms with van der Waals surface area (Å²) in [7, 11) is 0. The smallest absolute Gasteiger partial charge is 0.326 e. The molecule has 4 unspecified atom stereocenters. The van der Waals surface area contributed by atoms with E-state index in [0.29, 0.717) is 0 Å². The van der Waals surface area contributed by atoms with Crippen molar-refractivity contribution in [2.45, 2.75) is 49.9 Å². The van der Waals surface area contributed by atoms with Crippen molar-refractivity contribution in [3.8, 4) is 0 Å². The number of primary amides is 2. The number of hydrogen-bond acceptors (Lipinski definition) is 9. The number of carboxylic acids is 2. The van der Waals surface area contributed by atoms with E-state index in [1.54, 1.807) is 0 Å². The standard InChI is InChI=1S/C16H26N6O10/c17-6(5-23)13(28)20-7(1-2-12(26)27)14(29)21-8(3-10(18)24)15(30)22-9(16(31)32)4-11(19)25/h6-9,23H,1-5,17H2,(H2,18,24)(H2,19,25)(H,20,28)(H,21,29)(H,22,30)(H,26,27)(H,31,32). The first-order valence-electron chi connectivity index (χ1n) is 9.07. The molecule has 0 radical (unpaired) electrons. The molecule has 32 heavy (non-hydrogen) atoms. The minimum atomic E-state index is -1.77. The van der Waals surface area contributed by atoms with Crippen LogP contribution in [0, 0.1) is 0 Å². The molecule has 0 saturated heterocycles. The van der Waals surface area contributed by atoms with E-state index < -0.39 is 97.9 Å². The molecule has 16 nitrogen and oxygen atoms in total. The van der Waals surface area contributed by atoms with Crippen LogP contribution in [0.25, 0.3) is 0 Å². The second-order valence-electron chi connectivity index (χ2n) is 6.58. The molecule has 0 aromatic rings. The van der Waals surface area contributed by atoms with Crippen LogP contribution in [-0.4, -0.2) is 87.6 Å². The highest BCUT2D eigenvalue weighted by atomic mass is 16.4. The van der Waals surface area contributed by atoms with Gasteiger partial charge in [0.05, 0.1) is 19.4 Å². The van der Waals surface area contributed by atoms with Crippen LogP contribution in [-0.2, 0) is 33.6 Å². The highest BCUT2D eigenvalue weighted by Crippen LogP contribution is 2.03. The van der Waals surface area contributed by atoms with E-state index >= 15 is 0 Å². The van der Waals surface area contributed by atoms with Gasteiger partial charge in [-0.25, -0.2) is 4.79 Å². The lowest BCUT2D eigenvalue weighted by molar-refractivity contribution is -0.144. The molecule has 0 aromatic heterocycles. The predicted molar refractivity (Wildman–Crippen MR) is 103 cm³/mol. The molecule has 0 aliphatic rings. The first-order valence-corrected chi connectivity index (χ1v) is 9.07. The van der Waals surface area contributed by atoms with E-state index in [9.17, 15) is 33.6 Å². The molecule has 0 bridgehead atoms. The zero-order valence-corrected chi connectivity index (χ0v) is 16.8. The molecule has 0 spiro atoms. The van der Waals surface area contributed by atoms with Gasteiger partial charge >= 0.3 is 11.9 Å². The summed E-state index contributed by atoms with van der Waals surface area (Å²) in [6.45, 7) is -0.776. The zero-order chi connectivity index (χ0) is 25.0. The Morgan fingerprint density at radius 2 is 1.16 bits per heavy atom. The summed E-state index contributed by atoms with van der Waals surface area (Å²) < 4.78 is 0. The van der Waals surface area contributed by atoms with Gasteiger partial charge in [0.1, 0.15) is 24.2 Å². The number of nitrogens with two attached hydrogens (primary N) is 3. The van der Waals surface area contributed by atoms with Gasteiger partial charge in [0.15, 0.2) is 0 Å². The average Bonchev–Trinajstić information content (AvgIpc) is 2.67. The lowest BCUT2D eigenvalue weighted by Gasteiger charge is -2.24. The molecular formula is C16H26N6O10. The van der Waals surface area contributed by atoms with Crippen LogP contribution in [0.2, 0.25) is 0 Å². The summed E-state index contributed by atoms with van der Waals surface area (Å²) in [5, 5.41) is 32.9. The lowest BCUT2D eigenvalue weighted by Crippen LogP contribution is -2.58. The van der Waals surface area contributed by atoms with Gasteiger partial charge in [0.2, 0.25) is 29.5 Å². The SMILES string of the molecule is NC(=O)CC(NC(=O)C(CC(N)=O)NC(=O)C(CCC(=O)O)NC(=O)C(N)CO)C(=O)O. The van der Waals surface area contributed by atoms with E-state index in [1.165, 1.54) is 0 Å². The molecule has 16 heteroatoms. The van der Waals surface area contributed by atoms with Gasteiger partial charge in [-0.15, -0.1) is 0 Å². The van der Waals surface area contributed by atoms with Crippen LogP contribution in [0.15, 0.2) is 0 Å². The van der Waals surface area contributed by atoms with Crippen molar-refractivity contribution in [2.75, 3.05) is 6.61 Å². The molecular weight excluding hydrogens is 436 g/mol. The predicted octanol–water partition coefficient (Wildman–Crippen LogP) is -5.54. The molecule has 0 saturated carbocycles. The van der Waals surface area contributed by atoms with Crippen molar-refractivity contribution in [1.29, 1.82) is 0 Å². The number of carbonyl (C=O) groups is 7. The highest BCUT2D eigenvalue weighted by Gasteiger charge is 2.31. The Hall–Kier alpha value is -3.79. The molecule has 0 rings (SSSR count). The second-order valence-corrected chi connectivity index (χ2v) is 6.58. The summed E-state index contributed by atoms with van der Waals surface area (Å²) in [4.78, 5) is 81.1. The molecule has 5 amide bonds. The van der Waals surface area contributed by atoms with Gasteiger partial charge < -0.3 is 48.5 Å². The van der Waals surface area contributed by atoms with Crippen molar-refractivity contribution in [1.82, 2.24) is 16.0 Å². The molecule has 0 aliphatic heterocycles. The van der Waals surface area contributed by atoms with Gasteiger partial charge in [-0.2, -0.15) is 0 Å². The number of rotatable bonds is 15. The average molecular weight is 462 g/mol. The summed E-state index contributed by atoms with van der Waals surface area (Å²) in [5.74, 6) is -8.38. The fraction of sp³-hybridized carbons (Fsp3) is 0.562. The number of hydrogen-bond donors (Lipinski definition) is 9. The highest BCUT2D eigenvalue weighted by molar-refractivity contribution is 5.96. The molecule has 4 atom stereocenters. The molecule has 0 heterocycles. The maximum absolute atomic E-state index is 12.6. The third-order valence-corrected chi connectivity index (χ3v) is 3.87. The maximum Gasteiger partial charge on any atom is 0.326 e. The van der Waals surface area contributed by atoms with Crippen molar-refractivity contribution >= 4 is 41.5 Å². The van der Waals surface area contributed by atoms with E-state index in [4.69, 9.17) is 32.5 Å². The minimum absolute atomic E-state index is 0.449. The Balaban J connectivity index is 5.55. The van der Waals surface area contributed by atoms with Crippen LogP contribution in [0.1, 0.15) is 25.7 Å². The fourth-order valence-electron chi connectivity index (χ4n) is 2.25. The third-order valence-electron chi connectivity index (χ3n) is 3.87. The normalized spacial score (nSPS) is 14.2. The summed E-state index contributed by atoms with van der Waals surface area (Å²) in [6.07, 6.45) is -2.61. The largest absolute Gasteiger partial charge is 0.481 e. The van der Waals surface area contributed by atoms with E-state index in [0.717, 1.165) is 0 Å². The third kappa shape index (κ3) is 10.8. The van der Waals surface area contributed by atoms with Crippen molar-refractivity contribution < 1.29 is 48.9 Å². The number of carbonyl (C=O) groups excluding carboxylic acids is 5. The number of aliphatic hydroxyl groups excluding tert-OH is 1. The van der Waals surface area contributed by atoms with E-state index in [1.807, 2.05) is 5.32 Å². The summed E-state index contributed by atoms with van der Waals surface area (Å²) in [6, 6.07) is -6.46. The monoisotopic (exact) mass is 462 g/mol. The Morgan fingerprint density at radius 3 is 1.59 bits per heavy atom. The Morgan fingerprint density at radius 1 is 0.719 bits per heavy atom. The first kappa shape index (κ1) is 28.2. The quantitative estimate of drug-likeness (QED) is 0.110. The van der Waals surface area contributed by atoms with E-state index in [2.05, 4.69) is 10.6 Å². The first-order chi connectivity index (χ1) is 14.8. The Labute approximate surface area is 180 Å². The van der Waals surface area contributed by atoms with Crippen LogP contribution in [0.3, 0.4) is 0 Å². The van der Waals surface area contributed by atoms with Gasteiger partial charge in [0.25, 0.3) is 0 Å². The van der Waals surface area contributed by atoms with Crippen molar-refractivity contribution in [2.24, 2.45) is 17.2 Å². The van der Waals surface area contributed by atoms with Gasteiger partial charge in [-0.05, 0) is 6.42 Å². The van der Waals surface area contributed by atoms with Gasteiger partial charge in [-0.1, -0.05) is 0 Å². The van der Waals surface area contributed by atoms with Crippen LogP contribution in [0.5, 0.6) is 0 Å². The van der Waals surface area contributed by atoms with Gasteiger partial charge in [-0.3, -0.25) is 28.8 Å². The van der Waals surface area contributed by atoms with Crippen LogP contribution >= 0.6 is 0 Å². The zero-order valence-electron chi connectivity index (χ0n) is 16.8. The second kappa shape index (κ2) is 13.5. The molecule has 12 N–H and O–H groups in total. The van der Waals surface area contributed by atoms with Gasteiger partial charge in [0, 0.05) is 6.42 Å². The molecule has 0 aliphatic carbocycles. The van der Waals surface area contributed by atoms with Crippen LogP contribution < -0.4 is 33.2 Å².